The fourth-order valence-electron chi connectivity index (χ4n) is 1.40. The lowest BCUT2D eigenvalue weighted by atomic mass is 10.2. The van der Waals surface area contributed by atoms with Gasteiger partial charge in [-0.2, -0.15) is 0 Å². The van der Waals surface area contributed by atoms with Crippen molar-refractivity contribution in [3.05, 3.63) is 17.8 Å². The number of esters is 1. The Labute approximate surface area is 111 Å². The van der Waals surface area contributed by atoms with Crippen LogP contribution < -0.4 is 11.1 Å². The van der Waals surface area contributed by atoms with E-state index in [0.717, 1.165) is 0 Å². The molecule has 1 amide bonds. The summed E-state index contributed by atoms with van der Waals surface area (Å²) in [5.41, 5.74) is 6.20. The molecule has 3 N–H and O–H groups in total. The van der Waals surface area contributed by atoms with Crippen molar-refractivity contribution in [1.29, 1.82) is 0 Å². The Hall–Kier alpha value is -2.31. The number of nitrogens with two attached hydrogens (primary N) is 1. The number of nitrogens with zero attached hydrogens (tertiary/aromatic N) is 2. The van der Waals surface area contributed by atoms with E-state index in [1.807, 2.05) is 0 Å². The minimum atomic E-state index is -0.527. The van der Waals surface area contributed by atoms with Gasteiger partial charge in [-0.25, -0.2) is 9.78 Å². The van der Waals surface area contributed by atoms with E-state index in [-0.39, 0.29) is 11.5 Å². The van der Waals surface area contributed by atoms with Gasteiger partial charge in [0.25, 0.3) is 0 Å². The number of pyridine rings is 1. The highest BCUT2D eigenvalue weighted by molar-refractivity contribution is 5.95. The molecule has 19 heavy (non-hydrogen) atoms. The Balaban J connectivity index is 2.73. The summed E-state index contributed by atoms with van der Waals surface area (Å²) in [5.74, 6) is -0.184. The summed E-state index contributed by atoms with van der Waals surface area (Å²) in [6.45, 7) is 0.373. The molecule has 1 aromatic heterocycles. The SMILES string of the molecule is COC(=O)c1cc(N)cnc1NCCC(=O)N(C)C. The fraction of sp³-hybridized carbons (Fsp3) is 0.417. The van der Waals surface area contributed by atoms with Gasteiger partial charge >= 0.3 is 5.97 Å². The van der Waals surface area contributed by atoms with Gasteiger partial charge in [-0.1, -0.05) is 0 Å². The highest BCUT2D eigenvalue weighted by atomic mass is 16.5. The third-order valence-corrected chi connectivity index (χ3v) is 2.44. The Kier molecular flexibility index (Phi) is 5.11. The minimum absolute atomic E-state index is 0.0115. The number of hydrogen-bond acceptors (Lipinski definition) is 6. The fourth-order valence-corrected chi connectivity index (χ4v) is 1.40. The van der Waals surface area contributed by atoms with Crippen LogP contribution in [0.5, 0.6) is 0 Å². The zero-order valence-corrected chi connectivity index (χ0v) is 11.3. The smallest absolute Gasteiger partial charge is 0.341 e. The lowest BCUT2D eigenvalue weighted by Crippen LogP contribution is -2.24. The first-order valence-corrected chi connectivity index (χ1v) is 5.73. The van der Waals surface area contributed by atoms with E-state index in [2.05, 4.69) is 15.0 Å². The first-order chi connectivity index (χ1) is 8.95. The van der Waals surface area contributed by atoms with Crippen molar-refractivity contribution in [2.75, 3.05) is 38.8 Å². The number of aromatic nitrogens is 1. The molecule has 104 valence electrons. The van der Waals surface area contributed by atoms with E-state index in [0.29, 0.717) is 24.5 Å². The van der Waals surface area contributed by atoms with Crippen LogP contribution in [0.15, 0.2) is 12.3 Å². The van der Waals surface area contributed by atoms with Gasteiger partial charge in [0.1, 0.15) is 11.4 Å². The van der Waals surface area contributed by atoms with Crippen LogP contribution in [0.25, 0.3) is 0 Å². The van der Waals surface area contributed by atoms with E-state index in [1.54, 1.807) is 14.1 Å². The number of carbonyl (C=O) groups excluding carboxylic acids is 2. The molecule has 0 aromatic carbocycles. The van der Waals surface area contributed by atoms with E-state index >= 15 is 0 Å². The Morgan fingerprint density at radius 3 is 2.74 bits per heavy atom. The third-order valence-electron chi connectivity index (χ3n) is 2.44. The van der Waals surface area contributed by atoms with Gasteiger partial charge in [-0.3, -0.25) is 4.79 Å². The van der Waals surface area contributed by atoms with Crippen molar-refractivity contribution in [2.45, 2.75) is 6.42 Å². The van der Waals surface area contributed by atoms with E-state index < -0.39 is 5.97 Å². The average Bonchev–Trinajstić information content (AvgIpc) is 2.39. The average molecular weight is 266 g/mol. The van der Waals surface area contributed by atoms with E-state index in [1.165, 1.54) is 24.3 Å². The summed E-state index contributed by atoms with van der Waals surface area (Å²) < 4.78 is 4.65. The quantitative estimate of drug-likeness (QED) is 0.746. The van der Waals surface area contributed by atoms with Crippen molar-refractivity contribution in [2.24, 2.45) is 0 Å². The van der Waals surface area contributed by atoms with Gasteiger partial charge in [0.2, 0.25) is 5.91 Å². The van der Waals surface area contributed by atoms with Crippen LogP contribution in [0.3, 0.4) is 0 Å². The standard InChI is InChI=1S/C12H18N4O3/c1-16(2)10(17)4-5-14-11-9(12(18)19-3)6-8(13)7-15-11/h6-7H,4-5,13H2,1-3H3,(H,14,15). The maximum absolute atomic E-state index is 11.6. The molecule has 0 aliphatic rings. The van der Waals surface area contributed by atoms with Crippen molar-refractivity contribution in [1.82, 2.24) is 9.88 Å². The van der Waals surface area contributed by atoms with Crippen LogP contribution in [0.4, 0.5) is 11.5 Å². The molecule has 7 heteroatoms. The summed E-state index contributed by atoms with van der Waals surface area (Å²) in [5, 5.41) is 2.93. The maximum atomic E-state index is 11.6. The zero-order valence-electron chi connectivity index (χ0n) is 11.3. The van der Waals surface area contributed by atoms with E-state index in [4.69, 9.17) is 5.73 Å². The Bertz CT molecular complexity index is 474. The summed E-state index contributed by atoms with van der Waals surface area (Å²) in [6.07, 6.45) is 1.74. The first-order valence-electron chi connectivity index (χ1n) is 5.73. The lowest BCUT2D eigenvalue weighted by molar-refractivity contribution is -0.128. The molecular formula is C12H18N4O3. The van der Waals surface area contributed by atoms with Crippen LogP contribution in [0.2, 0.25) is 0 Å². The predicted molar refractivity (Wildman–Crippen MR) is 71.8 cm³/mol. The number of methoxy groups -OCH3 is 1. The summed E-state index contributed by atoms with van der Waals surface area (Å²) in [4.78, 5) is 28.5. The normalized spacial score (nSPS) is 9.84. The van der Waals surface area contributed by atoms with Gasteiger partial charge in [-0.05, 0) is 6.07 Å². The topological polar surface area (TPSA) is 97.5 Å². The number of anilines is 2. The highest BCUT2D eigenvalue weighted by Gasteiger charge is 2.14. The molecule has 0 saturated carbocycles. The minimum Gasteiger partial charge on any atom is -0.465 e. The molecule has 0 saturated heterocycles. The molecule has 1 rings (SSSR count). The molecule has 1 heterocycles. The van der Waals surface area contributed by atoms with E-state index in [9.17, 15) is 9.59 Å². The molecule has 0 fully saturated rings. The second-order valence-corrected chi connectivity index (χ2v) is 4.12. The van der Waals surface area contributed by atoms with Crippen LogP contribution >= 0.6 is 0 Å². The van der Waals surface area contributed by atoms with Crippen LogP contribution in [0, 0.1) is 0 Å². The Morgan fingerprint density at radius 1 is 1.47 bits per heavy atom. The molecule has 0 spiro atoms. The summed E-state index contributed by atoms with van der Waals surface area (Å²) >= 11 is 0. The predicted octanol–water partition coefficient (Wildman–Crippen LogP) is 0.341. The summed E-state index contributed by atoms with van der Waals surface area (Å²) in [7, 11) is 4.65. The lowest BCUT2D eigenvalue weighted by Gasteiger charge is -2.12. The molecule has 0 radical (unpaired) electrons. The second kappa shape index (κ2) is 6.58. The molecule has 7 nitrogen and oxygen atoms in total. The zero-order chi connectivity index (χ0) is 14.4. The van der Waals surface area contributed by atoms with Crippen LogP contribution in [0.1, 0.15) is 16.8 Å². The second-order valence-electron chi connectivity index (χ2n) is 4.12. The van der Waals surface area contributed by atoms with Gasteiger partial charge in [0.05, 0.1) is 19.0 Å². The van der Waals surface area contributed by atoms with Crippen molar-refractivity contribution >= 4 is 23.4 Å². The molecule has 0 aliphatic carbocycles. The largest absolute Gasteiger partial charge is 0.465 e. The highest BCUT2D eigenvalue weighted by Crippen LogP contribution is 2.16. The van der Waals surface area contributed by atoms with Gasteiger partial charge in [0.15, 0.2) is 0 Å². The van der Waals surface area contributed by atoms with Crippen molar-refractivity contribution in [3.63, 3.8) is 0 Å². The van der Waals surface area contributed by atoms with Gasteiger partial charge < -0.3 is 20.7 Å². The number of hydrogen-bond donors (Lipinski definition) is 2. The number of rotatable bonds is 5. The monoisotopic (exact) mass is 266 g/mol. The number of amides is 1. The van der Waals surface area contributed by atoms with Crippen LogP contribution in [-0.2, 0) is 9.53 Å². The maximum Gasteiger partial charge on any atom is 0.341 e. The van der Waals surface area contributed by atoms with Crippen LogP contribution in [-0.4, -0.2) is 49.5 Å². The number of ether oxygens (including phenoxy) is 1. The summed E-state index contributed by atoms with van der Waals surface area (Å²) in [6, 6.07) is 1.48. The molecule has 0 bridgehead atoms. The number of carbonyl (C=O) groups is 2. The van der Waals surface area contributed by atoms with Crippen molar-refractivity contribution < 1.29 is 14.3 Å². The first kappa shape index (κ1) is 14.7. The van der Waals surface area contributed by atoms with Gasteiger partial charge in [-0.15, -0.1) is 0 Å². The van der Waals surface area contributed by atoms with Gasteiger partial charge in [0, 0.05) is 27.1 Å². The number of nitrogens with one attached hydrogen (secondary N) is 1. The molecule has 0 atom stereocenters. The molecule has 1 aromatic rings. The van der Waals surface area contributed by atoms with Crippen molar-refractivity contribution in [3.8, 4) is 0 Å². The molecule has 0 unspecified atom stereocenters. The molecular weight excluding hydrogens is 248 g/mol. The third kappa shape index (κ3) is 4.13. The number of nitrogen functional groups attached to an aromatic ring is 1. The Morgan fingerprint density at radius 2 is 2.16 bits per heavy atom. The molecule has 0 aliphatic heterocycles.